The molecule has 2 N–H and O–H groups in total. The lowest BCUT2D eigenvalue weighted by Gasteiger charge is -2.08. The molecule has 19 heavy (non-hydrogen) atoms. The van der Waals surface area contributed by atoms with Gasteiger partial charge >= 0.3 is 0 Å². The average Bonchev–Trinajstić information content (AvgIpc) is 2.77. The van der Waals surface area contributed by atoms with Gasteiger partial charge in [0, 0.05) is 12.6 Å². The normalized spacial score (nSPS) is 10.3. The van der Waals surface area contributed by atoms with Gasteiger partial charge in [-0.05, 0) is 19.9 Å². The maximum Gasteiger partial charge on any atom is 0.261 e. The maximum absolute atomic E-state index is 13.2. The van der Waals surface area contributed by atoms with Crippen LogP contribution in [0.2, 0.25) is 0 Å². The number of halogens is 1. The van der Waals surface area contributed by atoms with Crippen molar-refractivity contribution in [1.29, 1.82) is 0 Å². The van der Waals surface area contributed by atoms with E-state index in [-0.39, 0.29) is 11.4 Å². The first-order valence-electron chi connectivity index (χ1n) is 5.74. The van der Waals surface area contributed by atoms with Crippen molar-refractivity contribution in [1.82, 2.24) is 10.1 Å². The van der Waals surface area contributed by atoms with Crippen LogP contribution >= 0.6 is 0 Å². The molecular weight excluding hydrogens is 251 g/mol. The Bertz CT molecular complexity index is 597. The molecule has 0 atom stereocenters. The summed E-state index contributed by atoms with van der Waals surface area (Å²) in [6.45, 7) is 4.15. The van der Waals surface area contributed by atoms with Crippen LogP contribution in [0, 0.1) is 12.7 Å². The molecule has 0 radical (unpaired) electrons. The Labute approximate surface area is 109 Å². The Morgan fingerprint density at radius 3 is 2.89 bits per heavy atom. The molecular formula is C12H13FN4O2. The first-order chi connectivity index (χ1) is 9.10. The van der Waals surface area contributed by atoms with Gasteiger partial charge in [0.05, 0.1) is 17.5 Å². The minimum absolute atomic E-state index is 0.107. The molecule has 2 aromatic heterocycles. The Morgan fingerprint density at radius 2 is 2.26 bits per heavy atom. The molecule has 2 aromatic rings. The summed E-state index contributed by atoms with van der Waals surface area (Å²) in [7, 11) is 0. The van der Waals surface area contributed by atoms with E-state index >= 15 is 0 Å². The number of pyridine rings is 1. The SMILES string of the molecule is CCNc1ncc(F)cc1C(=O)Nc1cc(C)no1. The van der Waals surface area contributed by atoms with Gasteiger partial charge in [0.15, 0.2) is 0 Å². The summed E-state index contributed by atoms with van der Waals surface area (Å²) in [6, 6.07) is 2.68. The highest BCUT2D eigenvalue weighted by atomic mass is 19.1. The van der Waals surface area contributed by atoms with Gasteiger partial charge in [-0.1, -0.05) is 5.16 Å². The van der Waals surface area contributed by atoms with Crippen LogP contribution in [0.3, 0.4) is 0 Å². The lowest BCUT2D eigenvalue weighted by atomic mass is 10.2. The fourth-order valence-electron chi connectivity index (χ4n) is 1.52. The number of hydrogen-bond donors (Lipinski definition) is 2. The number of amides is 1. The number of nitrogens with zero attached hydrogens (tertiary/aromatic N) is 2. The van der Waals surface area contributed by atoms with Crippen molar-refractivity contribution in [3.63, 3.8) is 0 Å². The first kappa shape index (κ1) is 13.0. The number of carbonyl (C=O) groups excluding carboxylic acids is 1. The predicted molar refractivity (Wildman–Crippen MR) is 67.6 cm³/mol. The number of anilines is 2. The minimum atomic E-state index is -0.583. The molecule has 100 valence electrons. The van der Waals surface area contributed by atoms with Gasteiger partial charge in [0.25, 0.3) is 5.91 Å². The highest BCUT2D eigenvalue weighted by Crippen LogP contribution is 2.16. The van der Waals surface area contributed by atoms with Gasteiger partial charge in [-0.15, -0.1) is 0 Å². The second-order valence-corrected chi connectivity index (χ2v) is 3.87. The number of carbonyl (C=O) groups is 1. The minimum Gasteiger partial charge on any atom is -0.370 e. The Morgan fingerprint density at radius 1 is 1.47 bits per heavy atom. The average molecular weight is 264 g/mol. The van der Waals surface area contributed by atoms with Gasteiger partial charge in [0.1, 0.15) is 11.6 Å². The zero-order valence-corrected chi connectivity index (χ0v) is 10.5. The van der Waals surface area contributed by atoms with Gasteiger partial charge in [0.2, 0.25) is 5.88 Å². The smallest absolute Gasteiger partial charge is 0.261 e. The van der Waals surface area contributed by atoms with Gasteiger partial charge in [-0.25, -0.2) is 9.37 Å². The quantitative estimate of drug-likeness (QED) is 0.884. The van der Waals surface area contributed by atoms with Gasteiger partial charge < -0.3 is 9.84 Å². The molecule has 2 heterocycles. The molecule has 0 spiro atoms. The third-order valence-corrected chi connectivity index (χ3v) is 2.31. The Kier molecular flexibility index (Phi) is 3.74. The van der Waals surface area contributed by atoms with Crippen LogP contribution in [0.15, 0.2) is 22.9 Å². The first-order valence-corrected chi connectivity index (χ1v) is 5.74. The van der Waals surface area contributed by atoms with Crippen LogP contribution in [0.25, 0.3) is 0 Å². The lowest BCUT2D eigenvalue weighted by molar-refractivity contribution is 0.102. The van der Waals surface area contributed by atoms with Gasteiger partial charge in [-0.2, -0.15) is 0 Å². The highest BCUT2D eigenvalue weighted by Gasteiger charge is 2.15. The van der Waals surface area contributed by atoms with Crippen LogP contribution < -0.4 is 10.6 Å². The summed E-state index contributed by atoms with van der Waals surface area (Å²) in [5.74, 6) is -0.577. The van der Waals surface area contributed by atoms with Crippen molar-refractivity contribution in [2.75, 3.05) is 17.2 Å². The number of aromatic nitrogens is 2. The molecule has 1 amide bonds. The molecule has 0 saturated heterocycles. The largest absolute Gasteiger partial charge is 0.370 e. The zero-order chi connectivity index (χ0) is 13.8. The van der Waals surface area contributed by atoms with E-state index in [1.165, 1.54) is 0 Å². The van der Waals surface area contributed by atoms with E-state index in [0.29, 0.717) is 18.1 Å². The molecule has 7 heteroatoms. The van der Waals surface area contributed by atoms with E-state index in [1.54, 1.807) is 13.0 Å². The second-order valence-electron chi connectivity index (χ2n) is 3.87. The molecule has 0 fully saturated rings. The number of nitrogens with one attached hydrogen (secondary N) is 2. The summed E-state index contributed by atoms with van der Waals surface area (Å²) in [6.07, 6.45) is 1.05. The third-order valence-electron chi connectivity index (χ3n) is 2.31. The standard InChI is InChI=1S/C12H13FN4O2/c1-3-14-11-9(5-8(13)6-15-11)12(18)16-10-4-7(2)17-19-10/h4-6H,3H2,1-2H3,(H,14,15)(H,16,18). The van der Waals surface area contributed by atoms with Crippen LogP contribution in [-0.2, 0) is 0 Å². The molecule has 0 bridgehead atoms. The fourth-order valence-corrected chi connectivity index (χ4v) is 1.52. The molecule has 0 aromatic carbocycles. The van der Waals surface area contributed by atoms with Gasteiger partial charge in [-0.3, -0.25) is 10.1 Å². The van der Waals surface area contributed by atoms with E-state index < -0.39 is 11.7 Å². The van der Waals surface area contributed by atoms with E-state index in [9.17, 15) is 9.18 Å². The number of aryl methyl sites for hydroxylation is 1. The lowest BCUT2D eigenvalue weighted by Crippen LogP contribution is -2.16. The van der Waals surface area contributed by atoms with Crippen LogP contribution in [0.1, 0.15) is 23.0 Å². The van der Waals surface area contributed by atoms with E-state index in [0.717, 1.165) is 12.3 Å². The zero-order valence-electron chi connectivity index (χ0n) is 10.5. The summed E-state index contributed by atoms with van der Waals surface area (Å²) in [4.78, 5) is 15.9. The molecule has 0 aliphatic rings. The van der Waals surface area contributed by atoms with Crippen molar-refractivity contribution in [3.05, 3.63) is 35.4 Å². The topological polar surface area (TPSA) is 80.0 Å². The second kappa shape index (κ2) is 5.47. The summed E-state index contributed by atoms with van der Waals surface area (Å²) in [5, 5.41) is 9.03. The van der Waals surface area contributed by atoms with E-state index in [2.05, 4.69) is 20.8 Å². The van der Waals surface area contributed by atoms with Crippen molar-refractivity contribution < 1.29 is 13.7 Å². The van der Waals surface area contributed by atoms with Crippen molar-refractivity contribution >= 4 is 17.6 Å². The van der Waals surface area contributed by atoms with Crippen molar-refractivity contribution in [2.24, 2.45) is 0 Å². The van der Waals surface area contributed by atoms with Crippen LogP contribution in [0.4, 0.5) is 16.1 Å². The molecule has 6 nitrogen and oxygen atoms in total. The van der Waals surface area contributed by atoms with E-state index in [1.807, 2.05) is 6.92 Å². The van der Waals surface area contributed by atoms with Crippen molar-refractivity contribution in [2.45, 2.75) is 13.8 Å². The third kappa shape index (κ3) is 3.06. The summed E-state index contributed by atoms with van der Waals surface area (Å²) >= 11 is 0. The Hall–Kier alpha value is -2.44. The number of hydrogen-bond acceptors (Lipinski definition) is 5. The molecule has 0 saturated carbocycles. The van der Waals surface area contributed by atoms with Crippen molar-refractivity contribution in [3.8, 4) is 0 Å². The Balaban J connectivity index is 2.24. The molecule has 0 aliphatic heterocycles. The highest BCUT2D eigenvalue weighted by molar-refractivity contribution is 6.06. The summed E-state index contributed by atoms with van der Waals surface area (Å²) < 4.78 is 18.1. The van der Waals surface area contributed by atoms with Crippen LogP contribution in [0.5, 0.6) is 0 Å². The van der Waals surface area contributed by atoms with Crippen LogP contribution in [-0.4, -0.2) is 22.6 Å². The molecule has 2 rings (SSSR count). The monoisotopic (exact) mass is 264 g/mol. The summed E-state index contributed by atoms with van der Waals surface area (Å²) in [5.41, 5.74) is 0.746. The van der Waals surface area contributed by atoms with E-state index in [4.69, 9.17) is 4.52 Å². The fraction of sp³-hybridized carbons (Fsp3) is 0.250. The maximum atomic E-state index is 13.2. The molecule has 0 unspecified atom stereocenters. The number of rotatable bonds is 4. The molecule has 0 aliphatic carbocycles. The predicted octanol–water partition coefficient (Wildman–Crippen LogP) is 2.20.